The molecule has 0 radical (unpaired) electrons. The fourth-order valence-corrected chi connectivity index (χ4v) is 5.38. The van der Waals surface area contributed by atoms with E-state index < -0.39 is 12.0 Å². The maximum absolute atomic E-state index is 13.5. The zero-order valence-corrected chi connectivity index (χ0v) is 22.1. The number of esters is 1. The van der Waals surface area contributed by atoms with Crippen molar-refractivity contribution in [1.82, 2.24) is 15.2 Å². The number of fused-ring (bicyclic) bond motifs is 1. The molecule has 0 spiro atoms. The maximum Gasteiger partial charge on any atom is 0.338 e. The number of aliphatic imine (C=N–C) groups is 1. The van der Waals surface area contributed by atoms with Gasteiger partial charge in [0.05, 0.1) is 36.0 Å². The summed E-state index contributed by atoms with van der Waals surface area (Å²) in [6.07, 6.45) is 1.85. The van der Waals surface area contributed by atoms with E-state index in [1.54, 1.807) is 6.20 Å². The SMILES string of the molecule is CC1=C(C(=O)OCc2ccccc2)C(c2ccc(C)cc2)N2C(CC(=O)NCc3ccccn3)=CSC2=N1. The minimum atomic E-state index is -0.462. The molecule has 0 saturated heterocycles. The predicted molar refractivity (Wildman–Crippen MR) is 149 cm³/mol. The van der Waals surface area contributed by atoms with Crippen molar-refractivity contribution in [3.05, 3.63) is 124 Å². The number of aromatic nitrogens is 1. The Kier molecular flexibility index (Phi) is 7.70. The zero-order chi connectivity index (χ0) is 26.5. The number of aryl methyl sites for hydroxylation is 1. The van der Waals surface area contributed by atoms with E-state index in [1.165, 1.54) is 11.8 Å². The lowest BCUT2D eigenvalue weighted by Crippen LogP contribution is -2.38. The number of carbonyl (C=O) groups excluding carboxylic acids is 2. The fraction of sp³-hybridized carbons (Fsp3) is 0.200. The van der Waals surface area contributed by atoms with Gasteiger partial charge in [-0.15, -0.1) is 0 Å². The summed E-state index contributed by atoms with van der Waals surface area (Å²) < 4.78 is 5.76. The number of ether oxygens (including phenoxy) is 1. The Morgan fingerprint density at radius 1 is 1.00 bits per heavy atom. The number of hydrogen-bond donors (Lipinski definition) is 1. The lowest BCUT2D eigenvalue weighted by atomic mass is 9.93. The van der Waals surface area contributed by atoms with Gasteiger partial charge in [-0.05, 0) is 42.5 Å². The van der Waals surface area contributed by atoms with Crippen LogP contribution in [0.3, 0.4) is 0 Å². The summed E-state index contributed by atoms with van der Waals surface area (Å²) in [5.74, 6) is -0.554. The molecule has 8 heteroatoms. The van der Waals surface area contributed by atoms with Crippen LogP contribution < -0.4 is 5.32 Å². The number of rotatable bonds is 8. The van der Waals surface area contributed by atoms with Gasteiger partial charge in [-0.1, -0.05) is 78.0 Å². The molecule has 5 rings (SSSR count). The van der Waals surface area contributed by atoms with E-state index in [2.05, 4.69) is 10.3 Å². The molecule has 2 aliphatic rings. The number of nitrogens with zero attached hydrogens (tertiary/aromatic N) is 3. The van der Waals surface area contributed by atoms with Crippen molar-refractivity contribution in [2.24, 2.45) is 4.99 Å². The summed E-state index contributed by atoms with van der Waals surface area (Å²) in [6.45, 7) is 4.37. The Hall–Kier alpha value is -4.17. The summed E-state index contributed by atoms with van der Waals surface area (Å²) in [6, 6.07) is 22.8. The standard InChI is InChI=1S/C30H28N4O3S/c1-20-11-13-23(14-12-20)28-27(29(36)37-18-22-8-4-3-5-9-22)21(2)33-30-34(28)25(19-38-30)16-26(35)32-17-24-10-6-7-15-31-24/h3-15,19,28H,16-18H2,1-2H3,(H,32,35). The van der Waals surface area contributed by atoms with Crippen LogP contribution in [0.15, 0.2) is 106 Å². The van der Waals surface area contributed by atoms with Crippen molar-refractivity contribution in [3.8, 4) is 0 Å². The van der Waals surface area contributed by atoms with E-state index in [9.17, 15) is 9.59 Å². The van der Waals surface area contributed by atoms with Crippen LogP contribution in [0.25, 0.3) is 0 Å². The normalized spacial score (nSPS) is 16.5. The van der Waals surface area contributed by atoms with Crippen LogP contribution in [-0.2, 0) is 27.5 Å². The van der Waals surface area contributed by atoms with E-state index in [4.69, 9.17) is 9.73 Å². The molecule has 3 aromatic rings. The number of amidine groups is 1. The van der Waals surface area contributed by atoms with Gasteiger partial charge in [0.25, 0.3) is 0 Å². The molecule has 2 aromatic carbocycles. The number of hydrogen-bond acceptors (Lipinski definition) is 7. The molecule has 3 heterocycles. The number of allylic oxidation sites excluding steroid dienone is 1. The van der Waals surface area contributed by atoms with Gasteiger partial charge >= 0.3 is 5.97 Å². The molecule has 0 bridgehead atoms. The van der Waals surface area contributed by atoms with Crippen LogP contribution in [0.1, 0.15) is 41.8 Å². The van der Waals surface area contributed by atoms with Crippen LogP contribution >= 0.6 is 11.8 Å². The second kappa shape index (κ2) is 11.5. The largest absolute Gasteiger partial charge is 0.457 e. The molecule has 0 saturated carbocycles. The van der Waals surface area contributed by atoms with Crippen molar-refractivity contribution >= 4 is 28.8 Å². The number of pyridine rings is 1. The summed E-state index contributed by atoms with van der Waals surface area (Å²) in [5.41, 5.74) is 5.60. The molecule has 0 aliphatic carbocycles. The molecule has 1 N–H and O–H groups in total. The van der Waals surface area contributed by atoms with Crippen LogP contribution in [0, 0.1) is 6.92 Å². The van der Waals surface area contributed by atoms with Gasteiger partial charge < -0.3 is 15.0 Å². The summed E-state index contributed by atoms with van der Waals surface area (Å²) in [5, 5.41) is 5.62. The van der Waals surface area contributed by atoms with Crippen LogP contribution in [0.5, 0.6) is 0 Å². The molecule has 1 unspecified atom stereocenters. The molecule has 7 nitrogen and oxygen atoms in total. The van der Waals surface area contributed by atoms with E-state index >= 15 is 0 Å². The summed E-state index contributed by atoms with van der Waals surface area (Å²) in [7, 11) is 0. The quantitative estimate of drug-likeness (QED) is 0.397. The van der Waals surface area contributed by atoms with Gasteiger partial charge in [-0.3, -0.25) is 9.78 Å². The Balaban J connectivity index is 1.39. The van der Waals surface area contributed by atoms with Crippen LogP contribution in [-0.4, -0.2) is 26.9 Å². The zero-order valence-electron chi connectivity index (χ0n) is 21.3. The van der Waals surface area contributed by atoms with E-state index in [1.807, 2.05) is 97.0 Å². The molecule has 0 fully saturated rings. The third kappa shape index (κ3) is 5.70. The second-order valence-corrected chi connectivity index (χ2v) is 9.98. The van der Waals surface area contributed by atoms with Gasteiger partial charge in [0.1, 0.15) is 6.61 Å². The molecule has 192 valence electrons. The Morgan fingerprint density at radius 2 is 1.76 bits per heavy atom. The van der Waals surface area contributed by atoms with Crippen molar-refractivity contribution in [2.45, 2.75) is 39.5 Å². The number of benzene rings is 2. The number of thioether (sulfide) groups is 1. The van der Waals surface area contributed by atoms with Crippen molar-refractivity contribution in [2.75, 3.05) is 0 Å². The van der Waals surface area contributed by atoms with E-state index in [0.29, 0.717) is 17.8 Å². The summed E-state index contributed by atoms with van der Waals surface area (Å²) >= 11 is 1.46. The van der Waals surface area contributed by atoms with Gasteiger partial charge in [0.2, 0.25) is 5.91 Å². The van der Waals surface area contributed by atoms with Gasteiger partial charge in [0, 0.05) is 11.9 Å². The first-order valence-electron chi connectivity index (χ1n) is 12.4. The predicted octanol–water partition coefficient (Wildman–Crippen LogP) is 5.41. The highest BCUT2D eigenvalue weighted by atomic mass is 32.2. The van der Waals surface area contributed by atoms with Crippen molar-refractivity contribution in [3.63, 3.8) is 0 Å². The molecular formula is C30H28N4O3S. The Bertz CT molecular complexity index is 1420. The van der Waals surface area contributed by atoms with E-state index in [-0.39, 0.29) is 18.9 Å². The van der Waals surface area contributed by atoms with Crippen molar-refractivity contribution in [1.29, 1.82) is 0 Å². The van der Waals surface area contributed by atoms with Crippen LogP contribution in [0.4, 0.5) is 0 Å². The average molecular weight is 525 g/mol. The third-order valence-corrected chi connectivity index (χ3v) is 7.25. The number of nitrogens with one attached hydrogen (secondary N) is 1. The fourth-order valence-electron chi connectivity index (χ4n) is 4.41. The molecule has 1 amide bonds. The van der Waals surface area contributed by atoms with Gasteiger partial charge in [-0.2, -0.15) is 0 Å². The Morgan fingerprint density at radius 3 is 2.50 bits per heavy atom. The highest BCUT2D eigenvalue weighted by Gasteiger charge is 2.41. The number of carbonyl (C=O) groups is 2. The summed E-state index contributed by atoms with van der Waals surface area (Å²) in [4.78, 5) is 37.4. The molecular weight excluding hydrogens is 496 g/mol. The minimum absolute atomic E-state index is 0.133. The van der Waals surface area contributed by atoms with Gasteiger partial charge in [-0.25, -0.2) is 9.79 Å². The minimum Gasteiger partial charge on any atom is -0.457 e. The second-order valence-electron chi connectivity index (χ2n) is 9.14. The third-order valence-electron chi connectivity index (χ3n) is 6.36. The monoisotopic (exact) mass is 524 g/mol. The Labute approximate surface area is 226 Å². The van der Waals surface area contributed by atoms with Crippen molar-refractivity contribution < 1.29 is 14.3 Å². The first-order chi connectivity index (χ1) is 18.5. The average Bonchev–Trinajstić information content (AvgIpc) is 3.33. The van der Waals surface area contributed by atoms with Crippen LogP contribution in [0.2, 0.25) is 0 Å². The number of amides is 1. The highest BCUT2D eigenvalue weighted by Crippen LogP contribution is 2.44. The highest BCUT2D eigenvalue weighted by molar-refractivity contribution is 8.16. The first-order valence-corrected chi connectivity index (χ1v) is 13.3. The molecule has 38 heavy (non-hydrogen) atoms. The smallest absolute Gasteiger partial charge is 0.338 e. The molecule has 2 aliphatic heterocycles. The molecule has 1 atom stereocenters. The maximum atomic E-state index is 13.5. The lowest BCUT2D eigenvalue weighted by Gasteiger charge is -2.36. The topological polar surface area (TPSA) is 83.9 Å². The van der Waals surface area contributed by atoms with E-state index in [0.717, 1.165) is 33.2 Å². The molecule has 1 aromatic heterocycles. The lowest BCUT2D eigenvalue weighted by molar-refractivity contribution is -0.141. The first kappa shape index (κ1) is 25.5. The van der Waals surface area contributed by atoms with Gasteiger partial charge in [0.15, 0.2) is 5.17 Å².